The van der Waals surface area contributed by atoms with Crippen molar-refractivity contribution in [1.29, 1.82) is 0 Å². The predicted octanol–water partition coefficient (Wildman–Crippen LogP) is 0.854. The molecule has 0 radical (unpaired) electrons. The lowest BCUT2D eigenvalue weighted by Crippen LogP contribution is -2.27. The van der Waals surface area contributed by atoms with Crippen molar-refractivity contribution in [3.63, 3.8) is 0 Å². The van der Waals surface area contributed by atoms with Crippen molar-refractivity contribution in [2.24, 2.45) is 5.84 Å². The van der Waals surface area contributed by atoms with E-state index in [2.05, 4.69) is 15.3 Å². The Hall–Kier alpha value is -1.65. The Balaban J connectivity index is 2.84. The smallest absolute Gasteiger partial charge is 0.382 e. The second-order valence-electron chi connectivity index (χ2n) is 3.80. The molecule has 4 N–H and O–H groups in total. The fourth-order valence-electron chi connectivity index (χ4n) is 1.36. The number of nitrogen functional groups attached to an aromatic ring is 1. The molecular formula is C10H16F3N5O2. The largest absolute Gasteiger partial charge is 0.433 e. The highest BCUT2D eigenvalue weighted by Crippen LogP contribution is 2.29. The van der Waals surface area contributed by atoms with E-state index in [4.69, 9.17) is 15.3 Å². The van der Waals surface area contributed by atoms with Crippen molar-refractivity contribution in [2.45, 2.75) is 12.3 Å². The second kappa shape index (κ2) is 7.22. The molecule has 0 amide bonds. The van der Waals surface area contributed by atoms with Crippen molar-refractivity contribution in [1.82, 2.24) is 9.97 Å². The SMILES string of the molecule is COCC(CNc1cc(C(F)(F)F)nc(NN)n1)OC. The van der Waals surface area contributed by atoms with Crippen LogP contribution in [-0.2, 0) is 15.7 Å². The summed E-state index contributed by atoms with van der Waals surface area (Å²) in [4.78, 5) is 7.02. The zero-order valence-electron chi connectivity index (χ0n) is 11.0. The molecule has 1 aromatic rings. The molecule has 0 aliphatic heterocycles. The number of nitrogens with two attached hydrogens (primary N) is 1. The number of aromatic nitrogens is 2. The zero-order chi connectivity index (χ0) is 15.2. The second-order valence-corrected chi connectivity index (χ2v) is 3.80. The Kier molecular flexibility index (Phi) is 5.92. The molecule has 0 saturated heterocycles. The van der Waals surface area contributed by atoms with Crippen molar-refractivity contribution >= 4 is 11.8 Å². The summed E-state index contributed by atoms with van der Waals surface area (Å²) in [5, 5.41) is 2.72. The number of hydrazine groups is 1. The average Bonchev–Trinajstić information content (AvgIpc) is 2.42. The Bertz CT molecular complexity index is 430. The predicted molar refractivity (Wildman–Crippen MR) is 66.0 cm³/mol. The maximum atomic E-state index is 12.6. The summed E-state index contributed by atoms with van der Waals surface area (Å²) < 4.78 is 47.9. The third-order valence-corrected chi connectivity index (χ3v) is 2.34. The van der Waals surface area contributed by atoms with E-state index < -0.39 is 11.9 Å². The van der Waals surface area contributed by atoms with E-state index in [-0.39, 0.29) is 24.4 Å². The van der Waals surface area contributed by atoms with Crippen molar-refractivity contribution in [3.8, 4) is 0 Å². The van der Waals surface area contributed by atoms with Gasteiger partial charge >= 0.3 is 6.18 Å². The summed E-state index contributed by atoms with van der Waals surface area (Å²) in [5.74, 6) is 4.70. The van der Waals surface area contributed by atoms with Crippen LogP contribution in [0.15, 0.2) is 6.07 Å². The molecule has 1 unspecified atom stereocenters. The Morgan fingerprint density at radius 1 is 1.35 bits per heavy atom. The highest BCUT2D eigenvalue weighted by atomic mass is 19.4. The molecule has 0 aliphatic carbocycles. The minimum atomic E-state index is -4.59. The van der Waals surface area contributed by atoms with E-state index in [0.717, 1.165) is 6.07 Å². The van der Waals surface area contributed by atoms with Gasteiger partial charge in [-0.15, -0.1) is 0 Å². The van der Waals surface area contributed by atoms with Crippen LogP contribution in [0.3, 0.4) is 0 Å². The van der Waals surface area contributed by atoms with E-state index in [1.807, 2.05) is 5.43 Å². The maximum absolute atomic E-state index is 12.6. The summed E-state index contributed by atoms with van der Waals surface area (Å²) in [5.41, 5.74) is 0.895. The molecule has 0 fully saturated rings. The van der Waals surface area contributed by atoms with Crippen molar-refractivity contribution in [2.75, 3.05) is 38.1 Å². The molecule has 0 aromatic carbocycles. The highest BCUT2D eigenvalue weighted by molar-refractivity contribution is 5.42. The Labute approximate surface area is 113 Å². The number of rotatable bonds is 7. The number of ether oxygens (including phenoxy) is 2. The molecule has 0 saturated carbocycles. The first-order chi connectivity index (χ1) is 9.40. The molecule has 1 heterocycles. The standard InChI is InChI=1S/C10H16F3N5O2/c1-19-5-6(20-2)4-15-8-3-7(10(11,12)13)16-9(17-8)18-14/h3,6H,4-5,14H2,1-2H3,(H2,15,16,17,18). The maximum Gasteiger partial charge on any atom is 0.433 e. The quantitative estimate of drug-likeness (QED) is 0.507. The number of methoxy groups -OCH3 is 2. The van der Waals surface area contributed by atoms with Crippen LogP contribution in [-0.4, -0.2) is 43.4 Å². The first kappa shape index (κ1) is 16.4. The van der Waals surface area contributed by atoms with Gasteiger partial charge in [0, 0.05) is 26.8 Å². The van der Waals surface area contributed by atoms with Crippen molar-refractivity contribution in [3.05, 3.63) is 11.8 Å². The molecule has 1 rings (SSSR count). The third kappa shape index (κ3) is 4.79. The summed E-state index contributed by atoms with van der Waals surface area (Å²) in [7, 11) is 2.97. The Morgan fingerprint density at radius 3 is 2.55 bits per heavy atom. The minimum absolute atomic E-state index is 0.0153. The van der Waals surface area contributed by atoms with Crippen LogP contribution < -0.4 is 16.6 Å². The molecule has 0 spiro atoms. The molecule has 7 nitrogen and oxygen atoms in total. The fourth-order valence-corrected chi connectivity index (χ4v) is 1.36. The summed E-state index contributed by atoms with van der Waals surface area (Å²) in [6.45, 7) is 0.519. The molecule has 10 heteroatoms. The Morgan fingerprint density at radius 2 is 2.05 bits per heavy atom. The lowest BCUT2D eigenvalue weighted by Gasteiger charge is -2.16. The van der Waals surface area contributed by atoms with E-state index in [0.29, 0.717) is 6.61 Å². The van der Waals surface area contributed by atoms with E-state index in [1.165, 1.54) is 14.2 Å². The van der Waals surface area contributed by atoms with E-state index >= 15 is 0 Å². The lowest BCUT2D eigenvalue weighted by atomic mass is 10.3. The minimum Gasteiger partial charge on any atom is -0.382 e. The monoisotopic (exact) mass is 295 g/mol. The van der Waals surface area contributed by atoms with Gasteiger partial charge in [0.25, 0.3) is 0 Å². The number of nitrogens with one attached hydrogen (secondary N) is 2. The van der Waals surface area contributed by atoms with E-state index in [9.17, 15) is 13.2 Å². The van der Waals surface area contributed by atoms with Crippen LogP contribution in [0.4, 0.5) is 24.9 Å². The van der Waals surface area contributed by atoms with Gasteiger partial charge in [0.2, 0.25) is 5.95 Å². The van der Waals surface area contributed by atoms with Crippen LogP contribution in [0.25, 0.3) is 0 Å². The van der Waals surface area contributed by atoms with Gasteiger partial charge in [-0.1, -0.05) is 0 Å². The summed E-state index contributed by atoms with van der Waals surface area (Å²) >= 11 is 0. The average molecular weight is 295 g/mol. The summed E-state index contributed by atoms with van der Waals surface area (Å²) in [6.07, 6.45) is -4.91. The first-order valence-corrected chi connectivity index (χ1v) is 5.59. The van der Waals surface area contributed by atoms with E-state index in [1.54, 1.807) is 0 Å². The van der Waals surface area contributed by atoms with Crippen molar-refractivity contribution < 1.29 is 22.6 Å². The summed E-state index contributed by atoms with van der Waals surface area (Å²) in [6, 6.07) is 0.792. The number of anilines is 2. The number of alkyl halides is 3. The molecule has 1 atom stereocenters. The topological polar surface area (TPSA) is 94.3 Å². The van der Waals surface area contributed by atoms with Gasteiger partial charge in [0.1, 0.15) is 5.82 Å². The fraction of sp³-hybridized carbons (Fsp3) is 0.600. The normalized spacial score (nSPS) is 13.1. The van der Waals surface area contributed by atoms with Gasteiger partial charge in [-0.05, 0) is 0 Å². The van der Waals surface area contributed by atoms with Gasteiger partial charge in [-0.3, -0.25) is 5.43 Å². The van der Waals surface area contributed by atoms with Gasteiger partial charge in [0.05, 0.1) is 12.7 Å². The van der Waals surface area contributed by atoms with Gasteiger partial charge in [0.15, 0.2) is 5.69 Å². The third-order valence-electron chi connectivity index (χ3n) is 2.34. The number of hydrogen-bond donors (Lipinski definition) is 3. The molecular weight excluding hydrogens is 279 g/mol. The zero-order valence-corrected chi connectivity index (χ0v) is 11.0. The number of hydrogen-bond acceptors (Lipinski definition) is 7. The first-order valence-electron chi connectivity index (χ1n) is 5.59. The molecule has 1 aromatic heterocycles. The molecule has 0 bridgehead atoms. The van der Waals surface area contributed by atoms with Gasteiger partial charge in [-0.25, -0.2) is 10.8 Å². The molecule has 20 heavy (non-hydrogen) atoms. The molecule has 0 aliphatic rings. The van der Waals surface area contributed by atoms with Gasteiger partial charge < -0.3 is 14.8 Å². The van der Waals surface area contributed by atoms with Crippen LogP contribution in [0, 0.1) is 0 Å². The number of nitrogens with zero attached hydrogens (tertiary/aromatic N) is 2. The van der Waals surface area contributed by atoms with Crippen LogP contribution in [0.2, 0.25) is 0 Å². The molecule has 114 valence electrons. The number of halogens is 3. The lowest BCUT2D eigenvalue weighted by molar-refractivity contribution is -0.141. The van der Waals surface area contributed by atoms with Gasteiger partial charge in [-0.2, -0.15) is 18.2 Å². The van der Waals surface area contributed by atoms with Crippen LogP contribution in [0.5, 0.6) is 0 Å². The van der Waals surface area contributed by atoms with Crippen LogP contribution in [0.1, 0.15) is 5.69 Å². The highest BCUT2D eigenvalue weighted by Gasteiger charge is 2.33. The van der Waals surface area contributed by atoms with Crippen LogP contribution >= 0.6 is 0 Å².